The zero-order chi connectivity index (χ0) is 19.5. The monoisotopic (exact) mass is 374 g/mol. The van der Waals surface area contributed by atoms with Crippen molar-refractivity contribution in [2.75, 3.05) is 0 Å². The van der Waals surface area contributed by atoms with E-state index in [0.29, 0.717) is 29.2 Å². The van der Waals surface area contributed by atoms with Gasteiger partial charge in [-0.1, -0.05) is 30.3 Å². The number of fused-ring (bicyclic) bond motifs is 1. The Morgan fingerprint density at radius 2 is 1.89 bits per heavy atom. The number of aryl methyl sites for hydroxylation is 1. The molecule has 7 heteroatoms. The minimum Gasteiger partial charge on any atom is -0.493 e. The number of aromatic hydroxyl groups is 1. The van der Waals surface area contributed by atoms with Gasteiger partial charge in [0.15, 0.2) is 5.65 Å². The summed E-state index contributed by atoms with van der Waals surface area (Å²) in [5, 5.41) is 16.8. The van der Waals surface area contributed by atoms with E-state index in [1.165, 1.54) is 16.8 Å². The second kappa shape index (κ2) is 7.40. The van der Waals surface area contributed by atoms with Crippen molar-refractivity contribution >= 4 is 11.6 Å². The molecule has 0 saturated heterocycles. The van der Waals surface area contributed by atoms with Gasteiger partial charge < -0.3 is 15.2 Å². The molecule has 0 aliphatic heterocycles. The van der Waals surface area contributed by atoms with Crippen LogP contribution in [0.25, 0.3) is 5.65 Å². The van der Waals surface area contributed by atoms with E-state index in [1.807, 2.05) is 54.6 Å². The predicted octanol–water partition coefficient (Wildman–Crippen LogP) is 3.47. The van der Waals surface area contributed by atoms with Gasteiger partial charge in [0.05, 0.1) is 6.20 Å². The van der Waals surface area contributed by atoms with Crippen molar-refractivity contribution in [1.82, 2.24) is 19.9 Å². The van der Waals surface area contributed by atoms with E-state index < -0.39 is 0 Å². The van der Waals surface area contributed by atoms with Crippen LogP contribution in [-0.2, 0) is 6.54 Å². The highest BCUT2D eigenvalue weighted by molar-refractivity contribution is 5.99. The molecule has 7 nitrogen and oxygen atoms in total. The summed E-state index contributed by atoms with van der Waals surface area (Å²) >= 11 is 0. The molecule has 140 valence electrons. The number of carbonyl (C=O) groups is 1. The number of hydrogen-bond donors (Lipinski definition) is 2. The molecule has 0 bridgehead atoms. The highest BCUT2D eigenvalue weighted by atomic mass is 16.5. The standard InChI is InChI=1S/C21H18N4O3/c1-14-10-19(26)25-20(24-14)18(13-23-25)21(27)22-12-15-6-5-9-17(11-15)28-16-7-3-2-4-8-16/h2-11,13,26H,12H2,1H3,(H,22,27). The Kier molecular flexibility index (Phi) is 4.63. The predicted molar refractivity (Wildman–Crippen MR) is 104 cm³/mol. The van der Waals surface area contributed by atoms with Crippen LogP contribution in [0.4, 0.5) is 0 Å². The molecule has 0 radical (unpaired) electrons. The number of nitrogens with one attached hydrogen (secondary N) is 1. The van der Waals surface area contributed by atoms with Gasteiger partial charge in [0.1, 0.15) is 17.1 Å². The van der Waals surface area contributed by atoms with Crippen LogP contribution in [0.5, 0.6) is 17.4 Å². The summed E-state index contributed by atoms with van der Waals surface area (Å²) in [6.07, 6.45) is 1.39. The van der Waals surface area contributed by atoms with E-state index in [1.54, 1.807) is 6.92 Å². The lowest BCUT2D eigenvalue weighted by Gasteiger charge is -2.08. The molecule has 0 unspecified atom stereocenters. The second-order valence-electron chi connectivity index (χ2n) is 6.29. The smallest absolute Gasteiger partial charge is 0.257 e. The number of benzene rings is 2. The molecule has 2 aromatic heterocycles. The number of rotatable bonds is 5. The Morgan fingerprint density at radius 3 is 2.71 bits per heavy atom. The first-order chi connectivity index (χ1) is 13.6. The van der Waals surface area contributed by atoms with Gasteiger partial charge in [-0.25, -0.2) is 4.98 Å². The van der Waals surface area contributed by atoms with Gasteiger partial charge in [-0.2, -0.15) is 9.61 Å². The molecule has 2 aromatic carbocycles. The van der Waals surface area contributed by atoms with Crippen molar-refractivity contribution < 1.29 is 14.6 Å². The summed E-state index contributed by atoms with van der Waals surface area (Å²) in [4.78, 5) is 16.9. The average Bonchev–Trinajstić information content (AvgIpc) is 3.11. The molecule has 0 fully saturated rings. The molecule has 0 saturated carbocycles. The number of ether oxygens (including phenoxy) is 1. The lowest BCUT2D eigenvalue weighted by molar-refractivity contribution is 0.0952. The Hall–Kier alpha value is -3.87. The van der Waals surface area contributed by atoms with Gasteiger partial charge in [-0.15, -0.1) is 0 Å². The summed E-state index contributed by atoms with van der Waals surface area (Å²) in [7, 11) is 0. The minimum atomic E-state index is -0.318. The SMILES string of the molecule is Cc1cc(O)n2ncc(C(=O)NCc3cccc(Oc4ccccc4)c3)c2n1. The van der Waals surface area contributed by atoms with E-state index in [0.717, 1.165) is 11.3 Å². The molecule has 2 N–H and O–H groups in total. The maximum Gasteiger partial charge on any atom is 0.257 e. The first-order valence-electron chi connectivity index (χ1n) is 8.74. The molecule has 28 heavy (non-hydrogen) atoms. The normalized spacial score (nSPS) is 10.8. The highest BCUT2D eigenvalue weighted by Crippen LogP contribution is 2.22. The van der Waals surface area contributed by atoms with E-state index in [-0.39, 0.29) is 11.8 Å². The van der Waals surface area contributed by atoms with E-state index in [2.05, 4.69) is 15.4 Å². The van der Waals surface area contributed by atoms with Gasteiger partial charge in [0.2, 0.25) is 5.88 Å². The van der Waals surface area contributed by atoms with Gasteiger partial charge >= 0.3 is 0 Å². The van der Waals surface area contributed by atoms with E-state index in [9.17, 15) is 9.90 Å². The molecule has 0 aliphatic rings. The number of carbonyl (C=O) groups excluding carboxylic acids is 1. The van der Waals surface area contributed by atoms with Crippen molar-refractivity contribution in [3.05, 3.63) is 83.7 Å². The van der Waals surface area contributed by atoms with Crippen LogP contribution in [-0.4, -0.2) is 25.6 Å². The van der Waals surface area contributed by atoms with Crippen LogP contribution in [0.1, 0.15) is 21.6 Å². The van der Waals surface area contributed by atoms with Gasteiger partial charge in [-0.05, 0) is 36.8 Å². The molecule has 0 aliphatic carbocycles. The van der Waals surface area contributed by atoms with Gasteiger partial charge in [0, 0.05) is 18.3 Å². The van der Waals surface area contributed by atoms with Crippen molar-refractivity contribution in [2.24, 2.45) is 0 Å². The van der Waals surface area contributed by atoms with Crippen molar-refractivity contribution in [3.63, 3.8) is 0 Å². The fourth-order valence-corrected chi connectivity index (χ4v) is 2.85. The van der Waals surface area contributed by atoms with Crippen LogP contribution in [0.2, 0.25) is 0 Å². The van der Waals surface area contributed by atoms with E-state index >= 15 is 0 Å². The maximum atomic E-state index is 12.6. The van der Waals surface area contributed by atoms with Crippen LogP contribution in [0.3, 0.4) is 0 Å². The Bertz CT molecular complexity index is 1140. The highest BCUT2D eigenvalue weighted by Gasteiger charge is 2.16. The zero-order valence-electron chi connectivity index (χ0n) is 15.2. The summed E-state index contributed by atoms with van der Waals surface area (Å²) in [6.45, 7) is 2.06. The molecule has 0 spiro atoms. The summed E-state index contributed by atoms with van der Waals surface area (Å²) in [6, 6.07) is 18.5. The fraction of sp³-hybridized carbons (Fsp3) is 0.0952. The summed E-state index contributed by atoms with van der Waals surface area (Å²) in [5.41, 5.74) is 2.11. The molecular formula is C21H18N4O3. The topological polar surface area (TPSA) is 88.8 Å². The number of para-hydroxylation sites is 1. The van der Waals surface area contributed by atoms with Crippen LogP contribution in [0, 0.1) is 6.92 Å². The number of amides is 1. The van der Waals surface area contributed by atoms with E-state index in [4.69, 9.17) is 4.74 Å². The van der Waals surface area contributed by atoms with Gasteiger partial charge in [-0.3, -0.25) is 4.79 Å². The second-order valence-corrected chi connectivity index (χ2v) is 6.29. The third kappa shape index (κ3) is 3.64. The van der Waals surface area contributed by atoms with Crippen molar-refractivity contribution in [3.8, 4) is 17.4 Å². The lowest BCUT2D eigenvalue weighted by atomic mass is 10.2. The quantitative estimate of drug-likeness (QED) is 0.558. The lowest BCUT2D eigenvalue weighted by Crippen LogP contribution is -2.22. The molecule has 0 atom stereocenters. The molecule has 4 aromatic rings. The van der Waals surface area contributed by atoms with Crippen LogP contribution >= 0.6 is 0 Å². The molecule has 1 amide bonds. The Labute approximate surface area is 161 Å². The third-order valence-electron chi connectivity index (χ3n) is 4.16. The Balaban J connectivity index is 1.48. The van der Waals surface area contributed by atoms with Crippen molar-refractivity contribution in [1.29, 1.82) is 0 Å². The number of hydrogen-bond acceptors (Lipinski definition) is 5. The fourth-order valence-electron chi connectivity index (χ4n) is 2.85. The molecular weight excluding hydrogens is 356 g/mol. The Morgan fingerprint density at radius 1 is 1.11 bits per heavy atom. The first kappa shape index (κ1) is 17.5. The molecule has 2 heterocycles. The first-order valence-corrected chi connectivity index (χ1v) is 8.74. The zero-order valence-corrected chi connectivity index (χ0v) is 15.2. The minimum absolute atomic E-state index is 0.0627. The third-order valence-corrected chi connectivity index (χ3v) is 4.16. The van der Waals surface area contributed by atoms with Crippen LogP contribution in [0.15, 0.2) is 66.9 Å². The van der Waals surface area contributed by atoms with Crippen molar-refractivity contribution in [2.45, 2.75) is 13.5 Å². The largest absolute Gasteiger partial charge is 0.493 e. The summed E-state index contributed by atoms with van der Waals surface area (Å²) < 4.78 is 7.05. The molecule has 4 rings (SSSR count). The summed E-state index contributed by atoms with van der Waals surface area (Å²) in [5.74, 6) is 1.06. The number of aromatic nitrogens is 3. The maximum absolute atomic E-state index is 12.6. The van der Waals surface area contributed by atoms with Gasteiger partial charge in [0.25, 0.3) is 5.91 Å². The number of nitrogens with zero attached hydrogens (tertiary/aromatic N) is 3. The van der Waals surface area contributed by atoms with Crippen LogP contribution < -0.4 is 10.1 Å². The average molecular weight is 374 g/mol.